The predicted octanol–water partition coefficient (Wildman–Crippen LogP) is 5.38. The Morgan fingerprint density at radius 2 is 1.61 bits per heavy atom. The number of aliphatic hydroxyl groups is 1. The highest BCUT2D eigenvalue weighted by atomic mass is 32.2. The van der Waals surface area contributed by atoms with Gasteiger partial charge in [0.15, 0.2) is 0 Å². The van der Waals surface area contributed by atoms with Gasteiger partial charge in [0.05, 0.1) is 11.5 Å². The minimum absolute atomic E-state index is 0.00189. The van der Waals surface area contributed by atoms with Crippen LogP contribution in [0.5, 0.6) is 0 Å². The summed E-state index contributed by atoms with van der Waals surface area (Å²) in [5.41, 5.74) is 10.9. The maximum absolute atomic E-state index is 13.5. The average Bonchev–Trinajstić information content (AvgIpc) is 3.30. The summed E-state index contributed by atoms with van der Waals surface area (Å²) in [7, 11) is -3.82. The van der Waals surface area contributed by atoms with Crippen molar-refractivity contribution in [3.63, 3.8) is 0 Å². The number of carbonyl (C=O) groups excluding carboxylic acids is 1. The predicted molar refractivity (Wildman–Crippen MR) is 162 cm³/mol. The fourth-order valence-corrected chi connectivity index (χ4v) is 7.09. The molecule has 0 fully saturated rings. The highest BCUT2D eigenvalue weighted by Crippen LogP contribution is 2.44. The van der Waals surface area contributed by atoms with Gasteiger partial charge in [0.1, 0.15) is 6.61 Å². The van der Waals surface area contributed by atoms with Crippen molar-refractivity contribution >= 4 is 21.8 Å². The number of hydrogen-bond acceptors (Lipinski definition) is 6. The number of nitrogens with two attached hydrogens (primary N) is 1. The van der Waals surface area contributed by atoms with Gasteiger partial charge in [-0.15, -0.1) is 0 Å². The molecule has 9 heteroatoms. The summed E-state index contributed by atoms with van der Waals surface area (Å²) in [6, 6.07) is 22.0. The number of ether oxygens (including phenoxy) is 1. The average molecular weight is 580 g/mol. The van der Waals surface area contributed by atoms with Gasteiger partial charge in [0, 0.05) is 30.7 Å². The second kappa shape index (κ2) is 14.0. The third-order valence-electron chi connectivity index (χ3n) is 7.87. The molecule has 220 valence electrons. The molecule has 8 nitrogen and oxygen atoms in total. The number of nitrogens with one attached hydrogen (secondary N) is 1. The largest absolute Gasteiger partial charge is 0.449 e. The van der Waals surface area contributed by atoms with Crippen molar-refractivity contribution in [2.24, 2.45) is 5.92 Å². The van der Waals surface area contributed by atoms with E-state index in [9.17, 15) is 18.3 Å². The number of alkyl carbamates (subject to hydrolysis) is 1. The number of fused-ring (bicyclic) bond motifs is 3. The van der Waals surface area contributed by atoms with E-state index in [1.54, 1.807) is 12.1 Å². The first-order chi connectivity index (χ1) is 19.8. The molecule has 4 rings (SSSR count). The van der Waals surface area contributed by atoms with Crippen molar-refractivity contribution in [1.29, 1.82) is 0 Å². The third-order valence-corrected chi connectivity index (χ3v) is 9.80. The van der Waals surface area contributed by atoms with Crippen LogP contribution >= 0.6 is 0 Å². The van der Waals surface area contributed by atoms with E-state index in [4.69, 9.17) is 10.5 Å². The molecule has 0 saturated carbocycles. The summed E-state index contributed by atoms with van der Waals surface area (Å²) in [5.74, 6) is 0.126. The molecule has 0 radical (unpaired) electrons. The Morgan fingerprint density at radius 1 is 1.00 bits per heavy atom. The molecule has 1 aliphatic rings. The fraction of sp³-hybridized carbons (Fsp3) is 0.406. The van der Waals surface area contributed by atoms with Gasteiger partial charge < -0.3 is 20.9 Å². The van der Waals surface area contributed by atoms with Crippen LogP contribution < -0.4 is 11.1 Å². The molecule has 1 aliphatic carbocycles. The standard InChI is InChI=1S/C32H41N3O5S/c1-3-23(2)20-35(41(38,39)26-17-15-24(33)16-18-26)25(21-36)10-8-9-19-34-32(37)40-22-31-29-13-6-4-11-27(29)28-12-5-7-14-30(28)31/h4-7,11-18,23,25,31,36H,3,8-10,19-22,33H2,1-2H3,(H,34,37). The molecule has 0 bridgehead atoms. The Balaban J connectivity index is 1.28. The number of sulfonamides is 1. The van der Waals surface area contributed by atoms with Gasteiger partial charge in [-0.25, -0.2) is 13.2 Å². The Morgan fingerprint density at radius 3 is 2.20 bits per heavy atom. The number of unbranched alkanes of at least 4 members (excludes halogenated alkanes) is 1. The van der Waals surface area contributed by atoms with Crippen molar-refractivity contribution < 1.29 is 23.1 Å². The Kier molecular flexibility index (Phi) is 10.4. The molecule has 2 atom stereocenters. The Hall–Kier alpha value is -3.40. The van der Waals surface area contributed by atoms with Crippen LogP contribution in [0, 0.1) is 5.92 Å². The minimum Gasteiger partial charge on any atom is -0.449 e. The summed E-state index contributed by atoms with van der Waals surface area (Å²) in [6.07, 6.45) is 2.06. The van der Waals surface area contributed by atoms with E-state index in [-0.39, 0.29) is 29.9 Å². The van der Waals surface area contributed by atoms with Crippen LogP contribution in [0.3, 0.4) is 0 Å². The van der Waals surface area contributed by atoms with Crippen molar-refractivity contribution in [3.05, 3.63) is 83.9 Å². The van der Waals surface area contributed by atoms with E-state index < -0.39 is 22.2 Å². The first-order valence-corrected chi connectivity index (χ1v) is 15.8. The number of anilines is 1. The van der Waals surface area contributed by atoms with Gasteiger partial charge in [-0.2, -0.15) is 4.31 Å². The number of benzene rings is 3. The maximum Gasteiger partial charge on any atom is 0.407 e. The molecule has 3 aromatic rings. The number of aliphatic hydroxyl groups excluding tert-OH is 1. The molecule has 1 amide bonds. The quantitative estimate of drug-likeness (QED) is 0.174. The molecule has 0 aliphatic heterocycles. The minimum atomic E-state index is -3.82. The van der Waals surface area contributed by atoms with Crippen LogP contribution in [0.1, 0.15) is 56.6 Å². The second-order valence-electron chi connectivity index (χ2n) is 10.7. The molecular weight excluding hydrogens is 538 g/mol. The molecule has 4 N–H and O–H groups in total. The summed E-state index contributed by atoms with van der Waals surface area (Å²) in [5, 5.41) is 13.0. The van der Waals surface area contributed by atoms with Crippen LogP contribution in [0.4, 0.5) is 10.5 Å². The number of nitrogens with zero attached hydrogens (tertiary/aromatic N) is 1. The van der Waals surface area contributed by atoms with Gasteiger partial charge in [-0.3, -0.25) is 0 Å². The van der Waals surface area contributed by atoms with E-state index >= 15 is 0 Å². The second-order valence-corrected chi connectivity index (χ2v) is 12.6. The van der Waals surface area contributed by atoms with E-state index in [0.29, 0.717) is 38.0 Å². The highest BCUT2D eigenvalue weighted by molar-refractivity contribution is 7.89. The maximum atomic E-state index is 13.5. The van der Waals surface area contributed by atoms with E-state index in [1.807, 2.05) is 38.1 Å². The number of rotatable bonds is 14. The lowest BCUT2D eigenvalue weighted by Crippen LogP contribution is -2.44. The van der Waals surface area contributed by atoms with Crippen molar-refractivity contribution in [1.82, 2.24) is 9.62 Å². The Labute approximate surface area is 243 Å². The van der Waals surface area contributed by atoms with Crippen molar-refractivity contribution in [2.75, 3.05) is 32.0 Å². The van der Waals surface area contributed by atoms with E-state index in [0.717, 1.165) is 17.5 Å². The lowest BCUT2D eigenvalue weighted by molar-refractivity contribution is 0.142. The van der Waals surface area contributed by atoms with Gasteiger partial charge >= 0.3 is 6.09 Å². The lowest BCUT2D eigenvalue weighted by atomic mass is 9.98. The molecule has 0 spiro atoms. The van der Waals surface area contributed by atoms with Crippen LogP contribution in [0.25, 0.3) is 11.1 Å². The SMILES string of the molecule is CCC(C)CN(C(CO)CCCCNC(=O)OCC1c2ccccc2-c2ccccc21)S(=O)(=O)c1ccc(N)cc1. The fourth-order valence-electron chi connectivity index (χ4n) is 5.33. The first kappa shape index (κ1) is 30.6. The molecule has 0 aromatic heterocycles. The topological polar surface area (TPSA) is 122 Å². The smallest absolute Gasteiger partial charge is 0.407 e. The molecule has 41 heavy (non-hydrogen) atoms. The zero-order valence-electron chi connectivity index (χ0n) is 23.8. The van der Waals surface area contributed by atoms with E-state index in [2.05, 4.69) is 29.6 Å². The summed E-state index contributed by atoms with van der Waals surface area (Å²) in [6.45, 7) is 4.68. The molecule has 2 unspecified atom stereocenters. The summed E-state index contributed by atoms with van der Waals surface area (Å²) >= 11 is 0. The third kappa shape index (κ3) is 7.28. The van der Waals surface area contributed by atoms with Crippen LogP contribution in [-0.4, -0.2) is 56.3 Å². The summed E-state index contributed by atoms with van der Waals surface area (Å²) in [4.78, 5) is 12.6. The summed E-state index contributed by atoms with van der Waals surface area (Å²) < 4.78 is 34.0. The normalized spacial score (nSPS) is 14.3. The first-order valence-electron chi connectivity index (χ1n) is 14.3. The van der Waals surface area contributed by atoms with E-state index in [1.165, 1.54) is 27.6 Å². The van der Waals surface area contributed by atoms with Gasteiger partial charge in [0.2, 0.25) is 10.0 Å². The van der Waals surface area contributed by atoms with Crippen molar-refractivity contribution in [2.45, 2.75) is 56.4 Å². The molecule has 0 heterocycles. The zero-order valence-corrected chi connectivity index (χ0v) is 24.6. The van der Waals surface area contributed by atoms with Gasteiger partial charge in [-0.05, 0) is 65.3 Å². The van der Waals surface area contributed by atoms with Crippen LogP contribution in [0.2, 0.25) is 0 Å². The Bertz CT molecular complexity index is 1370. The number of carbonyl (C=O) groups is 1. The van der Waals surface area contributed by atoms with Crippen LogP contribution in [0.15, 0.2) is 77.7 Å². The number of nitrogen functional groups attached to an aromatic ring is 1. The lowest BCUT2D eigenvalue weighted by Gasteiger charge is -2.32. The molecule has 0 saturated heterocycles. The number of amides is 1. The van der Waals surface area contributed by atoms with Gasteiger partial charge in [-0.1, -0.05) is 75.2 Å². The molecule has 3 aromatic carbocycles. The van der Waals surface area contributed by atoms with Crippen LogP contribution in [-0.2, 0) is 14.8 Å². The number of hydrogen-bond donors (Lipinski definition) is 3. The van der Waals surface area contributed by atoms with Gasteiger partial charge in [0.25, 0.3) is 0 Å². The zero-order chi connectivity index (χ0) is 29.4. The monoisotopic (exact) mass is 579 g/mol. The van der Waals surface area contributed by atoms with Crippen molar-refractivity contribution in [3.8, 4) is 11.1 Å². The highest BCUT2D eigenvalue weighted by Gasteiger charge is 2.32. The molecular formula is C32H41N3O5S.